The number of aromatic nitrogens is 2. The van der Waals surface area contributed by atoms with E-state index in [4.69, 9.17) is 11.6 Å². The van der Waals surface area contributed by atoms with Crippen LogP contribution in [0, 0.1) is 5.82 Å². The Morgan fingerprint density at radius 3 is 2.89 bits per heavy atom. The van der Waals surface area contributed by atoms with Crippen molar-refractivity contribution in [1.82, 2.24) is 15.1 Å². The van der Waals surface area contributed by atoms with Gasteiger partial charge in [0.15, 0.2) is 0 Å². The topological polar surface area (TPSA) is 29.9 Å². The number of hydrogen-bond acceptors (Lipinski definition) is 2. The maximum atomic E-state index is 12.9. The van der Waals surface area contributed by atoms with E-state index in [1.165, 1.54) is 12.1 Å². The number of halogens is 2. The first-order chi connectivity index (χ1) is 8.56. The second-order valence-corrected chi connectivity index (χ2v) is 4.70. The Morgan fingerprint density at radius 2 is 2.28 bits per heavy atom. The molecule has 1 aromatic carbocycles. The van der Waals surface area contributed by atoms with E-state index >= 15 is 0 Å². The summed E-state index contributed by atoms with van der Waals surface area (Å²) in [7, 11) is 1.88. The zero-order chi connectivity index (χ0) is 13.1. The monoisotopic (exact) mass is 267 g/mol. The van der Waals surface area contributed by atoms with Crippen molar-refractivity contribution in [1.29, 1.82) is 0 Å². The molecule has 5 heteroatoms. The molecule has 96 valence electrons. The second-order valence-electron chi connectivity index (χ2n) is 4.29. The van der Waals surface area contributed by atoms with Gasteiger partial charge in [0.1, 0.15) is 5.82 Å². The van der Waals surface area contributed by atoms with Crippen LogP contribution in [-0.4, -0.2) is 9.78 Å². The first kappa shape index (κ1) is 13.1. The number of nitrogens with zero attached hydrogens (tertiary/aromatic N) is 2. The smallest absolute Gasteiger partial charge is 0.124 e. The van der Waals surface area contributed by atoms with Crippen molar-refractivity contribution in [2.24, 2.45) is 7.05 Å². The van der Waals surface area contributed by atoms with Gasteiger partial charge in [-0.25, -0.2) is 4.39 Å². The molecule has 1 heterocycles. The van der Waals surface area contributed by atoms with Crippen molar-refractivity contribution >= 4 is 11.6 Å². The highest BCUT2D eigenvalue weighted by atomic mass is 35.5. The fraction of sp³-hybridized carbons (Fsp3) is 0.308. The molecule has 0 spiro atoms. The molecule has 1 N–H and O–H groups in total. The Labute approximate surface area is 111 Å². The summed E-state index contributed by atoms with van der Waals surface area (Å²) in [5.74, 6) is -0.316. The van der Waals surface area contributed by atoms with Crippen LogP contribution in [0.2, 0.25) is 5.02 Å². The third-order valence-corrected chi connectivity index (χ3v) is 3.13. The van der Waals surface area contributed by atoms with Crippen LogP contribution in [0.3, 0.4) is 0 Å². The minimum Gasteiger partial charge on any atom is -0.306 e. The molecular formula is C13H15ClFN3. The predicted octanol–water partition coefficient (Wildman–Crippen LogP) is 3.06. The van der Waals surface area contributed by atoms with Gasteiger partial charge in [-0.3, -0.25) is 4.68 Å². The molecule has 0 bridgehead atoms. The van der Waals surface area contributed by atoms with Crippen molar-refractivity contribution in [2.45, 2.75) is 19.5 Å². The van der Waals surface area contributed by atoms with Gasteiger partial charge in [-0.1, -0.05) is 17.7 Å². The molecule has 2 rings (SSSR count). The molecule has 0 saturated carbocycles. The van der Waals surface area contributed by atoms with E-state index in [-0.39, 0.29) is 11.9 Å². The van der Waals surface area contributed by atoms with Crippen molar-refractivity contribution < 1.29 is 4.39 Å². The Balaban J connectivity index is 2.01. The second kappa shape index (κ2) is 5.50. The predicted molar refractivity (Wildman–Crippen MR) is 69.9 cm³/mol. The zero-order valence-electron chi connectivity index (χ0n) is 10.3. The van der Waals surface area contributed by atoms with Crippen LogP contribution in [0.5, 0.6) is 0 Å². The number of rotatable bonds is 4. The fourth-order valence-electron chi connectivity index (χ4n) is 1.80. The van der Waals surface area contributed by atoms with Gasteiger partial charge in [0.2, 0.25) is 0 Å². The summed E-state index contributed by atoms with van der Waals surface area (Å²) in [5.41, 5.74) is 1.99. The Bertz CT molecular complexity index is 539. The summed E-state index contributed by atoms with van der Waals surface area (Å²) in [6.45, 7) is 2.69. The normalized spacial score (nSPS) is 12.7. The van der Waals surface area contributed by atoms with Crippen molar-refractivity contribution in [3.8, 4) is 0 Å². The van der Waals surface area contributed by atoms with E-state index in [9.17, 15) is 4.39 Å². The maximum Gasteiger partial charge on any atom is 0.124 e. The lowest BCUT2D eigenvalue weighted by molar-refractivity contribution is 0.571. The van der Waals surface area contributed by atoms with Crippen LogP contribution < -0.4 is 5.32 Å². The lowest BCUT2D eigenvalue weighted by atomic mass is 10.1. The Morgan fingerprint density at radius 1 is 1.50 bits per heavy atom. The van der Waals surface area contributed by atoms with Crippen LogP contribution in [0.1, 0.15) is 24.1 Å². The number of benzene rings is 1. The number of hydrogen-bond donors (Lipinski definition) is 1. The maximum absolute atomic E-state index is 12.9. The summed E-state index contributed by atoms with van der Waals surface area (Å²) in [5, 5.41) is 7.87. The quantitative estimate of drug-likeness (QED) is 0.923. The molecule has 18 heavy (non-hydrogen) atoms. The fourth-order valence-corrected chi connectivity index (χ4v) is 2.13. The SMILES string of the molecule is CC(NCc1cnn(C)c1)c1ccc(F)cc1Cl. The zero-order valence-corrected chi connectivity index (χ0v) is 11.1. The summed E-state index contributed by atoms with van der Waals surface area (Å²) in [4.78, 5) is 0. The van der Waals surface area contributed by atoms with E-state index < -0.39 is 0 Å². The molecular weight excluding hydrogens is 253 g/mol. The molecule has 0 amide bonds. The van der Waals surface area contributed by atoms with Crippen LogP contribution in [0.25, 0.3) is 0 Å². The summed E-state index contributed by atoms with van der Waals surface area (Å²) in [6.07, 6.45) is 3.76. The van der Waals surface area contributed by atoms with Crippen molar-refractivity contribution in [3.63, 3.8) is 0 Å². The van der Waals surface area contributed by atoms with Gasteiger partial charge in [0.25, 0.3) is 0 Å². The van der Waals surface area contributed by atoms with Crippen LogP contribution in [-0.2, 0) is 13.6 Å². The standard InChI is InChI=1S/C13H15ClFN3/c1-9(12-4-3-11(15)5-13(12)14)16-6-10-7-17-18(2)8-10/h3-5,7-9,16H,6H2,1-2H3. The van der Waals surface area contributed by atoms with E-state index in [1.807, 2.05) is 26.4 Å². The molecule has 0 radical (unpaired) electrons. The average Bonchev–Trinajstić information content (AvgIpc) is 2.72. The van der Waals surface area contributed by atoms with Gasteiger partial charge in [0, 0.05) is 36.4 Å². The van der Waals surface area contributed by atoms with E-state index in [1.54, 1.807) is 10.7 Å². The highest BCUT2D eigenvalue weighted by molar-refractivity contribution is 6.31. The molecule has 1 atom stereocenters. The summed E-state index contributed by atoms with van der Waals surface area (Å²) in [6, 6.07) is 4.51. The Kier molecular flexibility index (Phi) is 3.99. The highest BCUT2D eigenvalue weighted by Crippen LogP contribution is 2.23. The van der Waals surface area contributed by atoms with Gasteiger partial charge in [-0.15, -0.1) is 0 Å². The molecule has 0 aliphatic carbocycles. The molecule has 0 aliphatic heterocycles. The Hall–Kier alpha value is -1.39. The van der Waals surface area contributed by atoms with Gasteiger partial charge >= 0.3 is 0 Å². The van der Waals surface area contributed by atoms with E-state index in [2.05, 4.69) is 10.4 Å². The first-order valence-corrected chi connectivity index (χ1v) is 6.10. The van der Waals surface area contributed by atoms with Crippen LogP contribution in [0.4, 0.5) is 4.39 Å². The molecule has 2 aromatic rings. The molecule has 0 aliphatic rings. The largest absolute Gasteiger partial charge is 0.306 e. The first-order valence-electron chi connectivity index (χ1n) is 5.72. The third kappa shape index (κ3) is 3.09. The molecule has 1 unspecified atom stereocenters. The number of nitrogens with one attached hydrogen (secondary N) is 1. The lowest BCUT2D eigenvalue weighted by Crippen LogP contribution is -2.18. The summed E-state index contributed by atoms with van der Waals surface area (Å²) >= 11 is 6.01. The van der Waals surface area contributed by atoms with E-state index in [0.29, 0.717) is 11.6 Å². The molecule has 0 fully saturated rings. The molecule has 3 nitrogen and oxygen atoms in total. The van der Waals surface area contributed by atoms with Crippen LogP contribution in [0.15, 0.2) is 30.6 Å². The molecule has 0 saturated heterocycles. The van der Waals surface area contributed by atoms with Gasteiger partial charge in [0.05, 0.1) is 6.20 Å². The third-order valence-electron chi connectivity index (χ3n) is 2.80. The minimum absolute atomic E-state index is 0.0540. The molecule has 1 aromatic heterocycles. The number of aryl methyl sites for hydroxylation is 1. The van der Waals surface area contributed by atoms with Crippen molar-refractivity contribution in [3.05, 3.63) is 52.6 Å². The van der Waals surface area contributed by atoms with Gasteiger partial charge in [-0.2, -0.15) is 5.10 Å². The van der Waals surface area contributed by atoms with Gasteiger partial charge < -0.3 is 5.32 Å². The highest BCUT2D eigenvalue weighted by Gasteiger charge is 2.10. The average molecular weight is 268 g/mol. The van der Waals surface area contributed by atoms with E-state index in [0.717, 1.165) is 11.1 Å². The minimum atomic E-state index is -0.316. The van der Waals surface area contributed by atoms with Crippen LogP contribution >= 0.6 is 11.6 Å². The van der Waals surface area contributed by atoms with Crippen molar-refractivity contribution in [2.75, 3.05) is 0 Å². The van der Waals surface area contributed by atoms with Gasteiger partial charge in [-0.05, 0) is 24.6 Å². The summed E-state index contributed by atoms with van der Waals surface area (Å²) < 4.78 is 14.7. The lowest BCUT2D eigenvalue weighted by Gasteiger charge is -2.15.